The molecule has 0 unspecified atom stereocenters. The zero-order valence-corrected chi connectivity index (χ0v) is 12.6. The molecule has 0 radical (unpaired) electrons. The smallest absolute Gasteiger partial charge is 0.320 e. The van der Waals surface area contributed by atoms with Crippen LogP contribution in [0, 0.1) is 11.3 Å². The number of hydrogen-bond acceptors (Lipinski definition) is 2. The van der Waals surface area contributed by atoms with Gasteiger partial charge in [-0.25, -0.2) is 4.79 Å². The molecule has 114 valence electrons. The van der Waals surface area contributed by atoms with E-state index in [4.69, 9.17) is 5.11 Å². The molecular weight excluding hydrogens is 256 g/mol. The van der Waals surface area contributed by atoms with Gasteiger partial charge in [0.15, 0.2) is 0 Å². The van der Waals surface area contributed by atoms with Crippen LogP contribution < -0.4 is 0 Å². The summed E-state index contributed by atoms with van der Waals surface area (Å²) in [6, 6.07) is 0.0358. The summed E-state index contributed by atoms with van der Waals surface area (Å²) in [4.78, 5) is 27.3. The van der Waals surface area contributed by atoms with Crippen molar-refractivity contribution in [2.75, 3.05) is 26.2 Å². The van der Waals surface area contributed by atoms with Gasteiger partial charge >= 0.3 is 12.0 Å². The van der Waals surface area contributed by atoms with Crippen LogP contribution in [-0.2, 0) is 4.79 Å². The Morgan fingerprint density at radius 3 is 2.45 bits per heavy atom. The third-order valence-electron chi connectivity index (χ3n) is 4.65. The van der Waals surface area contributed by atoms with E-state index in [2.05, 4.69) is 13.8 Å². The van der Waals surface area contributed by atoms with Gasteiger partial charge in [-0.15, -0.1) is 0 Å². The average molecular weight is 282 g/mol. The lowest BCUT2D eigenvalue weighted by molar-refractivity contribution is -0.143. The number of carbonyl (C=O) groups is 2. The number of likely N-dealkylation sites (tertiary alicyclic amines) is 2. The highest BCUT2D eigenvalue weighted by atomic mass is 16.4. The lowest BCUT2D eigenvalue weighted by atomic mass is 9.85. The maximum Gasteiger partial charge on any atom is 0.320 e. The van der Waals surface area contributed by atoms with Gasteiger partial charge in [-0.3, -0.25) is 4.79 Å². The SMILES string of the molecule is CC1(C)CCCN(C(=O)N2CCC[C@H](C(=O)O)C2)CC1. The Hall–Kier alpha value is -1.26. The Balaban J connectivity index is 1.95. The van der Waals surface area contributed by atoms with Gasteiger partial charge in [-0.1, -0.05) is 13.8 Å². The van der Waals surface area contributed by atoms with E-state index in [9.17, 15) is 9.59 Å². The predicted octanol–water partition coefficient (Wildman–Crippen LogP) is 2.42. The first-order chi connectivity index (χ1) is 9.39. The third-order valence-corrected chi connectivity index (χ3v) is 4.65. The molecule has 5 heteroatoms. The zero-order valence-electron chi connectivity index (χ0n) is 12.6. The monoisotopic (exact) mass is 282 g/mol. The number of hydrogen-bond donors (Lipinski definition) is 1. The van der Waals surface area contributed by atoms with Crippen molar-refractivity contribution in [2.24, 2.45) is 11.3 Å². The minimum absolute atomic E-state index is 0.0358. The van der Waals surface area contributed by atoms with Crippen LogP contribution in [0.3, 0.4) is 0 Å². The van der Waals surface area contributed by atoms with E-state index in [-0.39, 0.29) is 6.03 Å². The largest absolute Gasteiger partial charge is 0.481 e. The molecule has 1 N–H and O–H groups in total. The van der Waals surface area contributed by atoms with E-state index in [0.29, 0.717) is 24.9 Å². The standard InChI is InChI=1S/C15H26N2O3/c1-15(2)6-4-9-16(10-7-15)14(20)17-8-3-5-12(11-17)13(18)19/h12H,3-11H2,1-2H3,(H,18,19)/t12-/m0/s1. The normalized spacial score (nSPS) is 27.0. The van der Waals surface area contributed by atoms with Crippen molar-refractivity contribution in [3.05, 3.63) is 0 Å². The van der Waals surface area contributed by atoms with Crippen LogP contribution in [0.5, 0.6) is 0 Å². The fraction of sp³-hybridized carbons (Fsp3) is 0.867. The number of piperidine rings is 1. The Bertz CT molecular complexity index is 381. The number of rotatable bonds is 1. The minimum Gasteiger partial charge on any atom is -0.481 e. The van der Waals surface area contributed by atoms with Crippen molar-refractivity contribution in [3.63, 3.8) is 0 Å². The molecule has 2 heterocycles. The van der Waals surface area contributed by atoms with E-state index in [1.807, 2.05) is 4.90 Å². The van der Waals surface area contributed by atoms with E-state index in [1.54, 1.807) is 4.90 Å². The van der Waals surface area contributed by atoms with Crippen LogP contribution in [-0.4, -0.2) is 53.1 Å². The van der Waals surface area contributed by atoms with Crippen molar-refractivity contribution >= 4 is 12.0 Å². The molecule has 20 heavy (non-hydrogen) atoms. The molecule has 0 spiro atoms. The first kappa shape index (κ1) is 15.1. The number of aliphatic carboxylic acids is 1. The van der Waals surface area contributed by atoms with Crippen LogP contribution in [0.25, 0.3) is 0 Å². The molecule has 2 aliphatic rings. The quantitative estimate of drug-likeness (QED) is 0.803. The highest BCUT2D eigenvalue weighted by Crippen LogP contribution is 2.30. The molecule has 0 aromatic carbocycles. The number of carboxylic acid groups (broad SMARTS) is 1. The molecule has 1 atom stereocenters. The third kappa shape index (κ3) is 3.64. The number of carbonyl (C=O) groups excluding carboxylic acids is 1. The van der Waals surface area contributed by atoms with Gasteiger partial charge in [0.25, 0.3) is 0 Å². The second-order valence-corrected chi connectivity index (χ2v) is 6.91. The molecule has 2 aliphatic heterocycles. The molecule has 2 saturated heterocycles. The summed E-state index contributed by atoms with van der Waals surface area (Å²) >= 11 is 0. The van der Waals surface area contributed by atoms with Crippen molar-refractivity contribution in [3.8, 4) is 0 Å². The first-order valence-corrected chi connectivity index (χ1v) is 7.66. The van der Waals surface area contributed by atoms with Crippen molar-refractivity contribution in [1.29, 1.82) is 0 Å². The maximum atomic E-state index is 12.5. The summed E-state index contributed by atoms with van der Waals surface area (Å²) in [6.45, 7) is 7.16. The highest BCUT2D eigenvalue weighted by Gasteiger charge is 2.32. The molecule has 0 aromatic heterocycles. The summed E-state index contributed by atoms with van der Waals surface area (Å²) in [7, 11) is 0. The molecule has 0 aliphatic carbocycles. The second-order valence-electron chi connectivity index (χ2n) is 6.91. The first-order valence-electron chi connectivity index (χ1n) is 7.66. The number of amides is 2. The van der Waals surface area contributed by atoms with E-state index in [0.717, 1.165) is 38.8 Å². The maximum absolute atomic E-state index is 12.5. The number of carboxylic acids is 1. The van der Waals surface area contributed by atoms with Crippen LogP contribution >= 0.6 is 0 Å². The number of nitrogens with zero attached hydrogens (tertiary/aromatic N) is 2. The molecule has 2 rings (SSSR count). The molecule has 5 nitrogen and oxygen atoms in total. The second kappa shape index (κ2) is 6.02. The van der Waals surface area contributed by atoms with Crippen molar-refractivity contribution in [1.82, 2.24) is 9.80 Å². The fourth-order valence-electron chi connectivity index (χ4n) is 3.17. The van der Waals surface area contributed by atoms with Crippen LogP contribution in [0.1, 0.15) is 46.0 Å². The zero-order chi connectivity index (χ0) is 14.8. The van der Waals surface area contributed by atoms with E-state index >= 15 is 0 Å². The summed E-state index contributed by atoms with van der Waals surface area (Å²) in [6.07, 6.45) is 4.69. The summed E-state index contributed by atoms with van der Waals surface area (Å²) < 4.78 is 0. The molecule has 0 bridgehead atoms. The van der Waals surface area contributed by atoms with Gasteiger partial charge in [0.1, 0.15) is 0 Å². The van der Waals surface area contributed by atoms with Gasteiger partial charge in [0.2, 0.25) is 0 Å². The van der Waals surface area contributed by atoms with Gasteiger partial charge in [0.05, 0.1) is 5.92 Å². The van der Waals surface area contributed by atoms with E-state index in [1.165, 1.54) is 0 Å². The lowest BCUT2D eigenvalue weighted by Gasteiger charge is -2.35. The topological polar surface area (TPSA) is 60.9 Å². The van der Waals surface area contributed by atoms with Crippen LogP contribution in [0.15, 0.2) is 0 Å². The van der Waals surface area contributed by atoms with Crippen molar-refractivity contribution in [2.45, 2.75) is 46.0 Å². The molecule has 0 saturated carbocycles. The Kier molecular flexibility index (Phi) is 4.55. The van der Waals surface area contributed by atoms with E-state index < -0.39 is 11.9 Å². The molecule has 2 amide bonds. The molecular formula is C15H26N2O3. The Labute approximate surface area is 120 Å². The Morgan fingerprint density at radius 1 is 1.05 bits per heavy atom. The Morgan fingerprint density at radius 2 is 1.75 bits per heavy atom. The lowest BCUT2D eigenvalue weighted by Crippen LogP contribution is -2.49. The molecule has 2 fully saturated rings. The average Bonchev–Trinajstić information content (AvgIpc) is 2.59. The minimum atomic E-state index is -0.778. The predicted molar refractivity (Wildman–Crippen MR) is 76.5 cm³/mol. The highest BCUT2D eigenvalue weighted by molar-refractivity contribution is 5.76. The molecule has 0 aromatic rings. The fourth-order valence-corrected chi connectivity index (χ4v) is 3.17. The van der Waals surface area contributed by atoms with Gasteiger partial charge in [-0.2, -0.15) is 0 Å². The summed E-state index contributed by atoms with van der Waals surface area (Å²) in [5, 5.41) is 9.11. The van der Waals surface area contributed by atoms with Gasteiger partial charge < -0.3 is 14.9 Å². The summed E-state index contributed by atoms with van der Waals surface area (Å²) in [5.41, 5.74) is 0.306. The van der Waals surface area contributed by atoms with Crippen molar-refractivity contribution < 1.29 is 14.7 Å². The van der Waals surface area contributed by atoms with Crippen LogP contribution in [0.4, 0.5) is 4.79 Å². The van der Waals surface area contributed by atoms with Crippen LogP contribution in [0.2, 0.25) is 0 Å². The number of urea groups is 1. The van der Waals surface area contributed by atoms with Gasteiger partial charge in [-0.05, 0) is 37.5 Å². The van der Waals surface area contributed by atoms with Gasteiger partial charge in [0, 0.05) is 26.2 Å². The summed E-state index contributed by atoms with van der Waals surface area (Å²) in [5.74, 6) is -1.17.